The molecule has 0 bridgehead atoms. The van der Waals surface area contributed by atoms with Crippen molar-refractivity contribution in [2.75, 3.05) is 5.32 Å². The number of nitro benzene ring substituents is 1. The minimum absolute atomic E-state index is 0.0503. The van der Waals surface area contributed by atoms with Crippen LogP contribution < -0.4 is 5.32 Å². The number of non-ortho nitro benzene ring substituents is 1. The summed E-state index contributed by atoms with van der Waals surface area (Å²) in [5, 5.41) is 17.5. The first-order valence-corrected chi connectivity index (χ1v) is 7.33. The number of anilines is 1. The lowest BCUT2D eigenvalue weighted by molar-refractivity contribution is -0.384. The number of nitrogens with zero attached hydrogens (tertiary/aromatic N) is 2. The Hall–Kier alpha value is -2.93. The second kappa shape index (κ2) is 8.07. The van der Waals surface area contributed by atoms with Gasteiger partial charge >= 0.3 is 0 Å². The molecule has 0 fully saturated rings. The molecule has 0 radical (unpaired) electrons. The number of halogens is 1. The molecule has 124 valence electrons. The van der Waals surface area contributed by atoms with Crippen molar-refractivity contribution >= 4 is 35.1 Å². The minimum Gasteiger partial charge on any atom is -0.383 e. The number of benzene rings is 2. The molecule has 1 atom stereocenters. The fraction of sp³-hybridized carbons (Fsp3) is 0.125. The van der Waals surface area contributed by atoms with E-state index in [-0.39, 0.29) is 5.69 Å². The molecule has 0 aliphatic carbocycles. The van der Waals surface area contributed by atoms with Gasteiger partial charge in [0.2, 0.25) is 6.10 Å². The fourth-order valence-corrected chi connectivity index (χ4v) is 1.95. The Morgan fingerprint density at radius 3 is 2.79 bits per heavy atom. The standard InChI is InChI=1S/C16H14ClN3O4/c1-11(16(21)19-14-6-3-5-13(17)9-14)24-18-10-12-4-2-7-15(8-12)20(22)23/h2-11H,1H3,(H,19,21)/b18-10-/t11-/m0/s1. The van der Waals surface area contributed by atoms with E-state index in [1.54, 1.807) is 30.3 Å². The summed E-state index contributed by atoms with van der Waals surface area (Å²) in [6, 6.07) is 12.6. The zero-order valence-electron chi connectivity index (χ0n) is 12.7. The van der Waals surface area contributed by atoms with E-state index in [2.05, 4.69) is 10.5 Å². The molecule has 0 unspecified atom stereocenters. The van der Waals surface area contributed by atoms with Crippen molar-refractivity contribution in [3.63, 3.8) is 0 Å². The molecule has 0 spiro atoms. The van der Waals surface area contributed by atoms with Gasteiger partial charge in [0, 0.05) is 28.4 Å². The van der Waals surface area contributed by atoms with Crippen LogP contribution in [0.1, 0.15) is 12.5 Å². The molecule has 24 heavy (non-hydrogen) atoms. The highest BCUT2D eigenvalue weighted by atomic mass is 35.5. The molecule has 8 heteroatoms. The summed E-state index contributed by atoms with van der Waals surface area (Å²) in [5.41, 5.74) is 0.989. The van der Waals surface area contributed by atoms with Gasteiger partial charge in [-0.25, -0.2) is 0 Å². The van der Waals surface area contributed by atoms with Gasteiger partial charge in [0.1, 0.15) is 0 Å². The SMILES string of the molecule is C[C@H](O/N=C\c1cccc([N+](=O)[O-])c1)C(=O)Nc1cccc(Cl)c1. The highest BCUT2D eigenvalue weighted by molar-refractivity contribution is 6.30. The van der Waals surface area contributed by atoms with E-state index in [1.807, 2.05) is 0 Å². The normalized spacial score (nSPS) is 11.9. The number of rotatable bonds is 6. The van der Waals surface area contributed by atoms with Gasteiger partial charge in [-0.15, -0.1) is 0 Å². The smallest absolute Gasteiger partial charge is 0.270 e. The molecule has 7 nitrogen and oxygen atoms in total. The predicted molar refractivity (Wildman–Crippen MR) is 91.3 cm³/mol. The van der Waals surface area contributed by atoms with Gasteiger partial charge in [-0.3, -0.25) is 14.9 Å². The van der Waals surface area contributed by atoms with Crippen molar-refractivity contribution in [1.82, 2.24) is 0 Å². The quantitative estimate of drug-likeness (QED) is 0.490. The molecular weight excluding hydrogens is 334 g/mol. The molecule has 1 amide bonds. The van der Waals surface area contributed by atoms with E-state index in [4.69, 9.17) is 16.4 Å². The average molecular weight is 348 g/mol. The highest BCUT2D eigenvalue weighted by Crippen LogP contribution is 2.15. The first kappa shape index (κ1) is 17.4. The van der Waals surface area contributed by atoms with Crippen LogP contribution in [-0.2, 0) is 9.63 Å². The Morgan fingerprint density at radius 1 is 1.33 bits per heavy atom. The van der Waals surface area contributed by atoms with Crippen molar-refractivity contribution < 1.29 is 14.6 Å². The Bertz CT molecular complexity index is 779. The first-order valence-electron chi connectivity index (χ1n) is 6.96. The zero-order chi connectivity index (χ0) is 17.5. The summed E-state index contributed by atoms with van der Waals surface area (Å²) in [5.74, 6) is -0.395. The Balaban J connectivity index is 1.92. The van der Waals surface area contributed by atoms with E-state index in [9.17, 15) is 14.9 Å². The number of hydrogen-bond donors (Lipinski definition) is 1. The van der Waals surface area contributed by atoms with E-state index < -0.39 is 16.9 Å². The molecule has 0 heterocycles. The Labute approximate surface area is 143 Å². The molecular formula is C16H14ClN3O4. The van der Waals surface area contributed by atoms with Crippen molar-refractivity contribution in [1.29, 1.82) is 0 Å². The summed E-state index contributed by atoms with van der Waals surface area (Å²) in [6.07, 6.45) is 0.454. The third-order valence-corrected chi connectivity index (χ3v) is 3.20. The second-order valence-corrected chi connectivity index (χ2v) is 5.27. The molecule has 0 saturated carbocycles. The molecule has 2 aromatic carbocycles. The number of nitrogens with one attached hydrogen (secondary N) is 1. The lowest BCUT2D eigenvalue weighted by Crippen LogP contribution is -2.26. The van der Waals surface area contributed by atoms with Crippen LogP contribution in [0.4, 0.5) is 11.4 Å². The van der Waals surface area contributed by atoms with Crippen molar-refractivity contribution in [2.24, 2.45) is 5.16 Å². The number of nitro groups is 1. The topological polar surface area (TPSA) is 93.8 Å². The van der Waals surface area contributed by atoms with Gasteiger partial charge in [0.25, 0.3) is 11.6 Å². The van der Waals surface area contributed by atoms with Gasteiger partial charge < -0.3 is 10.2 Å². The summed E-state index contributed by atoms with van der Waals surface area (Å²) in [4.78, 5) is 27.2. The van der Waals surface area contributed by atoms with Crippen LogP contribution in [0.2, 0.25) is 5.02 Å². The lowest BCUT2D eigenvalue weighted by atomic mass is 10.2. The van der Waals surface area contributed by atoms with Crippen LogP contribution in [-0.4, -0.2) is 23.1 Å². The third kappa shape index (κ3) is 5.06. The van der Waals surface area contributed by atoms with Crippen LogP contribution in [0, 0.1) is 10.1 Å². The maximum Gasteiger partial charge on any atom is 0.270 e. The van der Waals surface area contributed by atoms with E-state index in [0.717, 1.165) is 0 Å². The van der Waals surface area contributed by atoms with E-state index in [0.29, 0.717) is 16.3 Å². The van der Waals surface area contributed by atoms with Crippen LogP contribution >= 0.6 is 11.6 Å². The second-order valence-electron chi connectivity index (χ2n) is 4.83. The zero-order valence-corrected chi connectivity index (χ0v) is 13.4. The number of hydrogen-bond acceptors (Lipinski definition) is 5. The lowest BCUT2D eigenvalue weighted by Gasteiger charge is -2.10. The van der Waals surface area contributed by atoms with Crippen LogP contribution in [0.25, 0.3) is 0 Å². The third-order valence-electron chi connectivity index (χ3n) is 2.96. The summed E-state index contributed by atoms with van der Waals surface area (Å²) >= 11 is 5.84. The summed E-state index contributed by atoms with van der Waals surface area (Å²) in [7, 11) is 0. The molecule has 0 aromatic heterocycles. The van der Waals surface area contributed by atoms with Crippen molar-refractivity contribution in [3.8, 4) is 0 Å². The van der Waals surface area contributed by atoms with Crippen molar-refractivity contribution in [3.05, 3.63) is 69.2 Å². The predicted octanol–water partition coefficient (Wildman–Crippen LogP) is 3.63. The van der Waals surface area contributed by atoms with Gasteiger partial charge in [-0.2, -0.15) is 0 Å². The summed E-state index contributed by atoms with van der Waals surface area (Å²) in [6.45, 7) is 1.53. The van der Waals surface area contributed by atoms with Crippen LogP contribution in [0.5, 0.6) is 0 Å². The monoisotopic (exact) mass is 347 g/mol. The maximum absolute atomic E-state index is 12.0. The van der Waals surface area contributed by atoms with Gasteiger partial charge in [-0.05, 0) is 25.1 Å². The minimum atomic E-state index is -0.848. The molecule has 0 aliphatic rings. The average Bonchev–Trinajstić information content (AvgIpc) is 2.55. The number of oxime groups is 1. The molecule has 2 rings (SSSR count). The molecule has 2 aromatic rings. The van der Waals surface area contributed by atoms with Crippen LogP contribution in [0.15, 0.2) is 53.7 Å². The number of carbonyl (C=O) groups is 1. The highest BCUT2D eigenvalue weighted by Gasteiger charge is 2.14. The Kier molecular flexibility index (Phi) is 5.86. The number of carbonyl (C=O) groups excluding carboxylic acids is 1. The van der Waals surface area contributed by atoms with E-state index in [1.165, 1.54) is 31.3 Å². The molecule has 0 saturated heterocycles. The van der Waals surface area contributed by atoms with Gasteiger partial charge in [-0.1, -0.05) is 35.0 Å². The largest absolute Gasteiger partial charge is 0.383 e. The Morgan fingerprint density at radius 2 is 2.08 bits per heavy atom. The van der Waals surface area contributed by atoms with Gasteiger partial charge in [0.05, 0.1) is 11.1 Å². The van der Waals surface area contributed by atoms with E-state index >= 15 is 0 Å². The van der Waals surface area contributed by atoms with Gasteiger partial charge in [0.15, 0.2) is 0 Å². The summed E-state index contributed by atoms with van der Waals surface area (Å²) < 4.78 is 0. The van der Waals surface area contributed by atoms with Crippen molar-refractivity contribution in [2.45, 2.75) is 13.0 Å². The first-order chi connectivity index (χ1) is 11.5. The molecule has 1 N–H and O–H groups in total. The fourth-order valence-electron chi connectivity index (χ4n) is 1.76. The number of amides is 1. The maximum atomic E-state index is 12.0. The van der Waals surface area contributed by atoms with Crippen LogP contribution in [0.3, 0.4) is 0 Å². The molecule has 0 aliphatic heterocycles.